The average molecular weight is 660 g/mol. The third-order valence-corrected chi connectivity index (χ3v) is 19.7. The predicted octanol–water partition coefficient (Wildman–Crippen LogP) is 12.1. The maximum absolute atomic E-state index is 5.07. The molecule has 1 heterocycles. The fourth-order valence-electron chi connectivity index (χ4n) is 11.6. The molecule has 4 saturated carbocycles. The normalized spacial score (nSPS) is 23.5. The van der Waals surface area contributed by atoms with Gasteiger partial charge in [0.1, 0.15) is 13.8 Å². The van der Waals surface area contributed by atoms with Crippen molar-refractivity contribution in [3.05, 3.63) is 84.6 Å². The number of aromatic nitrogens is 3. The Morgan fingerprint density at radius 2 is 1.08 bits per heavy atom. The monoisotopic (exact) mass is 659 g/mol. The number of rotatable bonds is 5. The summed E-state index contributed by atoms with van der Waals surface area (Å²) in [5, 5.41) is 20.0. The largest absolute Gasteiger partial charge is 0.246 e. The van der Waals surface area contributed by atoms with Crippen LogP contribution in [0.2, 0.25) is 16.6 Å². The minimum atomic E-state index is -1.99. The van der Waals surface area contributed by atoms with Crippen LogP contribution in [0.3, 0.4) is 0 Å². The van der Waals surface area contributed by atoms with E-state index in [9.17, 15) is 0 Å². The lowest BCUT2D eigenvalue weighted by Crippen LogP contribution is -2.52. The predicted molar refractivity (Wildman–Crippen MR) is 210 cm³/mol. The molecule has 6 aromatic rings. The van der Waals surface area contributed by atoms with E-state index in [-0.39, 0.29) is 5.54 Å². The molecule has 4 aliphatic rings. The Labute approximate surface area is 292 Å². The van der Waals surface area contributed by atoms with Gasteiger partial charge in [-0.25, -0.2) is 4.68 Å². The SMILES string of the molecule is CC(C)[Si](C#Cc1c2cc3ccccc3cc2c(-c2cn(C34CC5CC(CC(C5)C3)C4)nn2)c2cc3ccccc3cc12)(C(C)C)C(C)C. The summed E-state index contributed by atoms with van der Waals surface area (Å²) in [5.74, 6) is 6.56. The molecule has 1 aromatic heterocycles. The quantitative estimate of drug-likeness (QED) is 0.105. The summed E-state index contributed by atoms with van der Waals surface area (Å²) in [4.78, 5) is 0. The van der Waals surface area contributed by atoms with Crippen LogP contribution >= 0.6 is 0 Å². The van der Waals surface area contributed by atoms with Crippen LogP contribution in [0.15, 0.2) is 79.0 Å². The highest BCUT2D eigenvalue weighted by Gasteiger charge is 2.52. The van der Waals surface area contributed by atoms with E-state index in [1.54, 1.807) is 0 Å². The maximum Gasteiger partial charge on any atom is 0.146 e. The number of nitrogens with zero attached hydrogens (tertiary/aromatic N) is 3. The van der Waals surface area contributed by atoms with Crippen molar-refractivity contribution in [3.8, 4) is 22.7 Å². The summed E-state index contributed by atoms with van der Waals surface area (Å²) in [6.07, 6.45) is 10.4. The van der Waals surface area contributed by atoms with Gasteiger partial charge in [0.15, 0.2) is 0 Å². The van der Waals surface area contributed by atoms with E-state index in [4.69, 9.17) is 10.3 Å². The lowest BCUT2D eigenvalue weighted by molar-refractivity contribution is -0.0502. The minimum Gasteiger partial charge on any atom is -0.246 e. The Morgan fingerprint density at radius 3 is 1.51 bits per heavy atom. The fourth-order valence-corrected chi connectivity index (χ4v) is 16.8. The topological polar surface area (TPSA) is 30.7 Å². The first-order chi connectivity index (χ1) is 23.6. The lowest BCUT2D eigenvalue weighted by Gasteiger charge is -2.56. The van der Waals surface area contributed by atoms with Crippen LogP contribution < -0.4 is 0 Å². The molecule has 49 heavy (non-hydrogen) atoms. The maximum atomic E-state index is 5.07. The Balaban J connectivity index is 1.36. The molecule has 3 nitrogen and oxygen atoms in total. The smallest absolute Gasteiger partial charge is 0.146 e. The van der Waals surface area contributed by atoms with E-state index in [1.165, 1.54) is 87.2 Å². The molecule has 0 N–H and O–H groups in total. The Kier molecular flexibility index (Phi) is 7.16. The van der Waals surface area contributed by atoms with Crippen LogP contribution in [0.4, 0.5) is 0 Å². The molecule has 4 bridgehead atoms. The van der Waals surface area contributed by atoms with Crippen molar-refractivity contribution in [2.45, 2.75) is 102 Å². The summed E-state index contributed by atoms with van der Waals surface area (Å²) in [6.45, 7) is 14.5. The highest BCUT2D eigenvalue weighted by Crippen LogP contribution is 2.59. The molecule has 5 aromatic carbocycles. The second-order valence-corrected chi connectivity index (χ2v) is 22.7. The van der Waals surface area contributed by atoms with Crippen LogP contribution in [0, 0.1) is 29.2 Å². The average Bonchev–Trinajstić information content (AvgIpc) is 3.56. The highest BCUT2D eigenvalue weighted by atomic mass is 28.3. The van der Waals surface area contributed by atoms with Gasteiger partial charge < -0.3 is 0 Å². The summed E-state index contributed by atoms with van der Waals surface area (Å²) >= 11 is 0. The third kappa shape index (κ3) is 4.75. The molecule has 0 atom stereocenters. The van der Waals surface area contributed by atoms with E-state index in [0.29, 0.717) is 16.6 Å². The summed E-state index contributed by atoms with van der Waals surface area (Å²) in [7, 11) is -1.99. The zero-order valence-corrected chi connectivity index (χ0v) is 31.1. The van der Waals surface area contributed by atoms with Crippen molar-refractivity contribution in [2.24, 2.45) is 17.8 Å². The van der Waals surface area contributed by atoms with Crippen molar-refractivity contribution >= 4 is 51.2 Å². The molecule has 0 saturated heterocycles. The fraction of sp³-hybridized carbons (Fsp3) is 0.422. The van der Waals surface area contributed by atoms with Gasteiger partial charge in [-0.3, -0.25) is 0 Å². The molecule has 0 spiro atoms. The number of benzene rings is 5. The van der Waals surface area contributed by atoms with Gasteiger partial charge in [0.05, 0.1) is 11.7 Å². The van der Waals surface area contributed by atoms with Crippen LogP contribution in [-0.2, 0) is 5.54 Å². The molecular weight excluding hydrogens is 611 g/mol. The van der Waals surface area contributed by atoms with E-state index in [2.05, 4.69) is 137 Å². The molecule has 4 heteroatoms. The van der Waals surface area contributed by atoms with Gasteiger partial charge in [-0.05, 0) is 140 Å². The highest BCUT2D eigenvalue weighted by molar-refractivity contribution is 6.90. The molecule has 0 amide bonds. The zero-order chi connectivity index (χ0) is 33.7. The lowest BCUT2D eigenvalue weighted by atomic mass is 9.53. The van der Waals surface area contributed by atoms with Crippen molar-refractivity contribution in [1.82, 2.24) is 15.0 Å². The Morgan fingerprint density at radius 1 is 0.653 bits per heavy atom. The van der Waals surface area contributed by atoms with Crippen LogP contribution in [-0.4, -0.2) is 23.1 Å². The van der Waals surface area contributed by atoms with Gasteiger partial charge >= 0.3 is 0 Å². The minimum absolute atomic E-state index is 0.134. The number of hydrogen-bond donors (Lipinski definition) is 0. The van der Waals surface area contributed by atoms with Gasteiger partial charge in [0.25, 0.3) is 0 Å². The first kappa shape index (κ1) is 31.1. The first-order valence-electron chi connectivity index (χ1n) is 18.9. The van der Waals surface area contributed by atoms with E-state index >= 15 is 0 Å². The second-order valence-electron chi connectivity index (χ2n) is 17.1. The van der Waals surface area contributed by atoms with Gasteiger partial charge in [0, 0.05) is 11.1 Å². The van der Waals surface area contributed by atoms with E-state index in [1.807, 2.05) is 0 Å². The standard InChI is InChI=1S/C45H49N3Si/c1-28(2)49(29(3)4,30(5)6)16-15-38-39-20-34-11-7-9-13-36(34)22-41(39)44(42-23-37-14-10-8-12-35(37)21-40(38)42)43-27-48(47-46-43)45-24-31-17-32(25-45)19-33(18-31)26-45/h7-14,20-23,27-33H,17-19,24-26H2,1-6H3. The second kappa shape index (κ2) is 11.3. The summed E-state index contributed by atoms with van der Waals surface area (Å²) in [5.41, 5.74) is 9.31. The van der Waals surface area contributed by atoms with Crippen molar-refractivity contribution in [1.29, 1.82) is 0 Å². The van der Waals surface area contributed by atoms with Crippen molar-refractivity contribution < 1.29 is 0 Å². The van der Waals surface area contributed by atoms with Gasteiger partial charge in [-0.2, -0.15) is 0 Å². The summed E-state index contributed by atoms with van der Waals surface area (Å²) in [6, 6.07) is 27.2. The number of fused-ring (bicyclic) bond motifs is 4. The Bertz CT molecular complexity index is 2180. The van der Waals surface area contributed by atoms with Crippen LogP contribution in [0.25, 0.3) is 54.3 Å². The molecule has 0 unspecified atom stereocenters. The number of hydrogen-bond acceptors (Lipinski definition) is 2. The van der Waals surface area contributed by atoms with Gasteiger partial charge in [-0.15, -0.1) is 10.6 Å². The molecule has 4 aliphatic carbocycles. The molecule has 248 valence electrons. The molecule has 0 aliphatic heterocycles. The van der Waals surface area contributed by atoms with Gasteiger partial charge in [0.2, 0.25) is 0 Å². The van der Waals surface area contributed by atoms with E-state index in [0.717, 1.165) is 29.0 Å². The molecule has 0 radical (unpaired) electrons. The molecular formula is C45H49N3Si. The first-order valence-corrected chi connectivity index (χ1v) is 21.2. The molecule has 4 fully saturated rings. The Hall–Kier alpha value is -3.94. The van der Waals surface area contributed by atoms with Crippen LogP contribution in [0.5, 0.6) is 0 Å². The summed E-state index contributed by atoms with van der Waals surface area (Å²) < 4.78 is 2.33. The van der Waals surface area contributed by atoms with E-state index < -0.39 is 8.07 Å². The third-order valence-electron chi connectivity index (χ3n) is 13.4. The van der Waals surface area contributed by atoms with Crippen LogP contribution in [0.1, 0.15) is 85.6 Å². The van der Waals surface area contributed by atoms with Gasteiger partial charge in [-0.1, -0.05) is 101 Å². The van der Waals surface area contributed by atoms with Crippen molar-refractivity contribution in [3.63, 3.8) is 0 Å². The van der Waals surface area contributed by atoms with Crippen molar-refractivity contribution in [2.75, 3.05) is 0 Å². The zero-order valence-electron chi connectivity index (χ0n) is 30.1. The molecule has 10 rings (SSSR count).